The van der Waals surface area contributed by atoms with E-state index in [1.807, 2.05) is 0 Å². The molecule has 17 heavy (non-hydrogen) atoms. The average molecular weight is 240 g/mol. The van der Waals surface area contributed by atoms with Crippen molar-refractivity contribution in [3.63, 3.8) is 0 Å². The number of hydrogen-bond donors (Lipinski definition) is 0. The molecule has 0 N–H and O–H groups in total. The van der Waals surface area contributed by atoms with Crippen LogP contribution in [0.5, 0.6) is 0 Å². The zero-order valence-corrected chi connectivity index (χ0v) is 13.3. The van der Waals surface area contributed by atoms with E-state index in [-0.39, 0.29) is 0 Å². The Hall–Kier alpha value is 0. The highest BCUT2D eigenvalue weighted by atomic mass is 14.3. The molecule has 0 aromatic rings. The van der Waals surface area contributed by atoms with Gasteiger partial charge in [-0.1, -0.05) is 86.5 Å². The molecule has 0 aliphatic carbocycles. The van der Waals surface area contributed by atoms with Gasteiger partial charge >= 0.3 is 0 Å². The van der Waals surface area contributed by atoms with Gasteiger partial charge < -0.3 is 0 Å². The monoisotopic (exact) mass is 240 g/mol. The van der Waals surface area contributed by atoms with Crippen molar-refractivity contribution in [1.82, 2.24) is 0 Å². The second kappa shape index (κ2) is 9.97. The Morgan fingerprint density at radius 3 is 1.71 bits per heavy atom. The van der Waals surface area contributed by atoms with Gasteiger partial charge in [0.05, 0.1) is 0 Å². The lowest BCUT2D eigenvalue weighted by Gasteiger charge is -2.33. The molecule has 0 aliphatic heterocycles. The van der Waals surface area contributed by atoms with Crippen LogP contribution in [-0.2, 0) is 0 Å². The summed E-state index contributed by atoms with van der Waals surface area (Å²) in [4.78, 5) is 0. The Morgan fingerprint density at radius 1 is 0.647 bits per heavy atom. The largest absolute Gasteiger partial charge is 0.0654 e. The molecular formula is C17H36. The first-order valence-corrected chi connectivity index (χ1v) is 8.08. The number of hydrogen-bond acceptors (Lipinski definition) is 0. The summed E-state index contributed by atoms with van der Waals surface area (Å²) in [5.41, 5.74) is 0. The minimum atomic E-state index is 0.903. The van der Waals surface area contributed by atoms with Crippen LogP contribution in [0.1, 0.15) is 86.5 Å². The van der Waals surface area contributed by atoms with Crippen LogP contribution in [-0.4, -0.2) is 0 Å². The van der Waals surface area contributed by atoms with Crippen molar-refractivity contribution in [2.75, 3.05) is 0 Å². The summed E-state index contributed by atoms with van der Waals surface area (Å²) in [6, 6.07) is 0. The first kappa shape index (κ1) is 17.0. The predicted octanol–water partition coefficient (Wildman–Crippen LogP) is 6.30. The topological polar surface area (TPSA) is 0 Å². The molecule has 0 aromatic carbocycles. The van der Waals surface area contributed by atoms with Crippen molar-refractivity contribution in [1.29, 1.82) is 0 Å². The van der Waals surface area contributed by atoms with Crippen LogP contribution in [0.2, 0.25) is 0 Å². The first-order chi connectivity index (χ1) is 8.08. The summed E-state index contributed by atoms with van der Waals surface area (Å²) in [5.74, 6) is 3.68. The van der Waals surface area contributed by atoms with E-state index < -0.39 is 0 Å². The van der Waals surface area contributed by atoms with Crippen LogP contribution >= 0.6 is 0 Å². The van der Waals surface area contributed by atoms with Gasteiger partial charge in [0.15, 0.2) is 0 Å². The molecule has 0 aliphatic rings. The standard InChI is InChI=1S/C17H36/c1-7-10-13-15(5)17(12-9-3)16(6)14(4)11-8-2/h14-17H,7-13H2,1-6H3. The Morgan fingerprint density at radius 2 is 1.24 bits per heavy atom. The summed E-state index contributed by atoms with van der Waals surface area (Å²) >= 11 is 0. The van der Waals surface area contributed by atoms with E-state index in [2.05, 4.69) is 41.5 Å². The van der Waals surface area contributed by atoms with E-state index in [1.165, 1.54) is 44.9 Å². The van der Waals surface area contributed by atoms with Gasteiger partial charge in [-0.3, -0.25) is 0 Å². The van der Waals surface area contributed by atoms with Gasteiger partial charge in [0.25, 0.3) is 0 Å². The number of unbranched alkanes of at least 4 members (excludes halogenated alkanes) is 1. The van der Waals surface area contributed by atoms with Gasteiger partial charge in [-0.05, 0) is 23.7 Å². The van der Waals surface area contributed by atoms with E-state index in [9.17, 15) is 0 Å². The van der Waals surface area contributed by atoms with Crippen LogP contribution in [0.4, 0.5) is 0 Å². The minimum Gasteiger partial charge on any atom is -0.0654 e. The van der Waals surface area contributed by atoms with Crippen LogP contribution in [0.25, 0.3) is 0 Å². The summed E-state index contributed by atoms with van der Waals surface area (Å²) in [6.07, 6.45) is 9.72. The molecule has 0 heteroatoms. The van der Waals surface area contributed by atoms with Crippen LogP contribution in [0.3, 0.4) is 0 Å². The summed E-state index contributed by atoms with van der Waals surface area (Å²) in [6.45, 7) is 14.4. The van der Waals surface area contributed by atoms with Crippen molar-refractivity contribution in [3.8, 4) is 0 Å². The lowest BCUT2D eigenvalue weighted by atomic mass is 9.72. The smallest absolute Gasteiger partial charge is 0.0360 e. The molecule has 0 bridgehead atoms. The van der Waals surface area contributed by atoms with Gasteiger partial charge in [0.1, 0.15) is 0 Å². The molecule has 0 aromatic heterocycles. The third-order valence-corrected chi connectivity index (χ3v) is 4.68. The Kier molecular flexibility index (Phi) is 9.97. The van der Waals surface area contributed by atoms with E-state index in [1.54, 1.807) is 0 Å². The highest BCUT2D eigenvalue weighted by molar-refractivity contribution is 4.75. The van der Waals surface area contributed by atoms with Crippen molar-refractivity contribution in [2.24, 2.45) is 23.7 Å². The highest BCUT2D eigenvalue weighted by Gasteiger charge is 2.25. The second-order valence-electron chi connectivity index (χ2n) is 6.20. The van der Waals surface area contributed by atoms with E-state index in [0.717, 1.165) is 23.7 Å². The molecule has 0 spiro atoms. The maximum absolute atomic E-state index is 2.50. The van der Waals surface area contributed by atoms with Crippen LogP contribution in [0, 0.1) is 23.7 Å². The lowest BCUT2D eigenvalue weighted by Crippen LogP contribution is -2.25. The van der Waals surface area contributed by atoms with Gasteiger partial charge in [-0.2, -0.15) is 0 Å². The van der Waals surface area contributed by atoms with Gasteiger partial charge in [0, 0.05) is 0 Å². The van der Waals surface area contributed by atoms with Crippen LogP contribution in [0.15, 0.2) is 0 Å². The van der Waals surface area contributed by atoms with E-state index >= 15 is 0 Å². The second-order valence-corrected chi connectivity index (χ2v) is 6.20. The predicted molar refractivity (Wildman–Crippen MR) is 80.3 cm³/mol. The average Bonchev–Trinajstić information content (AvgIpc) is 2.32. The van der Waals surface area contributed by atoms with Gasteiger partial charge in [-0.15, -0.1) is 0 Å². The summed E-state index contributed by atoms with van der Waals surface area (Å²) in [7, 11) is 0. The van der Waals surface area contributed by atoms with E-state index in [4.69, 9.17) is 0 Å². The van der Waals surface area contributed by atoms with E-state index in [0.29, 0.717) is 0 Å². The maximum atomic E-state index is 2.50. The Balaban J connectivity index is 4.36. The fourth-order valence-corrected chi connectivity index (χ4v) is 3.28. The first-order valence-electron chi connectivity index (χ1n) is 8.08. The molecule has 0 saturated heterocycles. The SMILES string of the molecule is CCCCC(C)C(CCC)C(C)C(C)CCC. The molecule has 104 valence electrons. The molecule has 4 unspecified atom stereocenters. The van der Waals surface area contributed by atoms with Crippen LogP contribution < -0.4 is 0 Å². The molecule has 0 radical (unpaired) electrons. The van der Waals surface area contributed by atoms with Gasteiger partial charge in [-0.25, -0.2) is 0 Å². The normalized spacial score (nSPS) is 18.7. The molecule has 0 amide bonds. The van der Waals surface area contributed by atoms with Gasteiger partial charge in [0.2, 0.25) is 0 Å². The maximum Gasteiger partial charge on any atom is -0.0360 e. The third-order valence-electron chi connectivity index (χ3n) is 4.68. The molecule has 4 atom stereocenters. The zero-order chi connectivity index (χ0) is 13.3. The third kappa shape index (κ3) is 6.48. The molecular weight excluding hydrogens is 204 g/mol. The molecule has 0 nitrogen and oxygen atoms in total. The fourth-order valence-electron chi connectivity index (χ4n) is 3.28. The Bertz CT molecular complexity index is 161. The number of rotatable bonds is 10. The van der Waals surface area contributed by atoms with Crippen molar-refractivity contribution in [3.05, 3.63) is 0 Å². The summed E-state index contributed by atoms with van der Waals surface area (Å²) < 4.78 is 0. The zero-order valence-electron chi connectivity index (χ0n) is 13.3. The lowest BCUT2D eigenvalue weighted by molar-refractivity contribution is 0.166. The fraction of sp³-hybridized carbons (Fsp3) is 1.00. The quantitative estimate of drug-likeness (QED) is 0.420. The molecule has 0 heterocycles. The minimum absolute atomic E-state index is 0.903. The van der Waals surface area contributed by atoms with Crippen molar-refractivity contribution in [2.45, 2.75) is 86.5 Å². The molecule has 0 rings (SSSR count). The molecule has 0 fully saturated rings. The Labute approximate surface area is 111 Å². The molecule has 0 saturated carbocycles. The van der Waals surface area contributed by atoms with Crippen molar-refractivity contribution >= 4 is 0 Å². The van der Waals surface area contributed by atoms with Crippen molar-refractivity contribution < 1.29 is 0 Å². The highest BCUT2D eigenvalue weighted by Crippen LogP contribution is 2.35. The summed E-state index contributed by atoms with van der Waals surface area (Å²) in [5, 5.41) is 0.